The molecule has 1 aliphatic carbocycles. The van der Waals surface area contributed by atoms with Crippen LogP contribution in [0.1, 0.15) is 18.1 Å². The van der Waals surface area contributed by atoms with Gasteiger partial charge in [-0.1, -0.05) is 54.6 Å². The summed E-state index contributed by atoms with van der Waals surface area (Å²) in [6, 6.07) is 16.0. The van der Waals surface area contributed by atoms with Gasteiger partial charge < -0.3 is 5.43 Å². The average molecular weight is 368 g/mol. The molecule has 5 heteroatoms. The molecule has 0 spiro atoms. The molecule has 0 fully saturated rings. The lowest BCUT2D eigenvalue weighted by Gasteiger charge is -2.19. The van der Waals surface area contributed by atoms with Crippen LogP contribution < -0.4 is 11.0 Å². The van der Waals surface area contributed by atoms with Gasteiger partial charge in [0.25, 0.3) is 5.56 Å². The van der Waals surface area contributed by atoms with Gasteiger partial charge in [0.05, 0.1) is 29.8 Å². The van der Waals surface area contributed by atoms with Crippen LogP contribution in [0.5, 0.6) is 0 Å². The fourth-order valence-corrected chi connectivity index (χ4v) is 3.86. The minimum absolute atomic E-state index is 0.0127. The van der Waals surface area contributed by atoms with Gasteiger partial charge in [0.15, 0.2) is 0 Å². The quantitative estimate of drug-likeness (QED) is 0.771. The van der Waals surface area contributed by atoms with Crippen molar-refractivity contribution in [2.24, 2.45) is 11.0 Å². The lowest BCUT2D eigenvalue weighted by molar-refractivity contribution is 0.622. The van der Waals surface area contributed by atoms with Crippen molar-refractivity contribution < 1.29 is 0 Å². The largest absolute Gasteiger partial charge is 0.302 e. The molecule has 0 radical (unpaired) electrons. The highest BCUT2D eigenvalue weighted by atomic mass is 16.1. The van der Waals surface area contributed by atoms with Gasteiger partial charge in [0.1, 0.15) is 0 Å². The number of benzene rings is 2. The van der Waals surface area contributed by atoms with Crippen molar-refractivity contribution in [3.63, 3.8) is 0 Å². The monoisotopic (exact) mass is 368 g/mol. The van der Waals surface area contributed by atoms with Crippen LogP contribution >= 0.6 is 0 Å². The number of hydrogen-bond acceptors (Lipinski definition) is 4. The molecule has 138 valence electrons. The smallest absolute Gasteiger partial charge is 0.261 e. The van der Waals surface area contributed by atoms with Crippen molar-refractivity contribution in [2.75, 3.05) is 0 Å². The number of fused-ring (bicyclic) bond motifs is 2. The molecule has 3 aromatic rings. The number of hydrogen-bond donors (Lipinski definition) is 1. The summed E-state index contributed by atoms with van der Waals surface area (Å²) in [7, 11) is 0. The standard InChI is InChI=1S/C23H20N4O/c1-15-19-11-10-18(12-22(19)26-25-15)17-8-6-16(7-9-17)13-27-14-24-21-5-3-2-4-20(21)23(27)28/h2-12,14,19,22,26H,13H2,1H3. The Morgan fingerprint density at radius 1 is 1.11 bits per heavy atom. The maximum atomic E-state index is 12.7. The van der Waals surface area contributed by atoms with E-state index in [0.29, 0.717) is 17.8 Å². The average Bonchev–Trinajstić information content (AvgIpc) is 3.11. The summed E-state index contributed by atoms with van der Waals surface area (Å²) in [5.41, 5.74) is 8.45. The second-order valence-corrected chi connectivity index (χ2v) is 7.31. The van der Waals surface area contributed by atoms with Crippen molar-refractivity contribution in [1.82, 2.24) is 15.0 Å². The molecule has 2 atom stereocenters. The number of allylic oxidation sites excluding steroid dienone is 2. The molecule has 2 aromatic carbocycles. The zero-order chi connectivity index (χ0) is 19.1. The Balaban J connectivity index is 1.38. The van der Waals surface area contributed by atoms with E-state index in [1.807, 2.05) is 24.3 Å². The first-order valence-electron chi connectivity index (χ1n) is 9.42. The van der Waals surface area contributed by atoms with Crippen LogP contribution in [0.3, 0.4) is 0 Å². The van der Waals surface area contributed by atoms with Gasteiger partial charge in [-0.3, -0.25) is 9.36 Å². The van der Waals surface area contributed by atoms with E-state index in [9.17, 15) is 4.79 Å². The van der Waals surface area contributed by atoms with Crippen LogP contribution in [0, 0.1) is 5.92 Å². The number of rotatable bonds is 3. The maximum absolute atomic E-state index is 12.7. The van der Waals surface area contributed by atoms with Gasteiger partial charge in [-0.05, 0) is 35.8 Å². The maximum Gasteiger partial charge on any atom is 0.261 e. The van der Waals surface area contributed by atoms with Gasteiger partial charge in [-0.25, -0.2) is 4.98 Å². The van der Waals surface area contributed by atoms with Crippen molar-refractivity contribution in [3.05, 3.63) is 94.6 Å². The van der Waals surface area contributed by atoms with Crippen molar-refractivity contribution in [1.29, 1.82) is 0 Å². The van der Waals surface area contributed by atoms with Crippen LogP contribution in [0.4, 0.5) is 0 Å². The Bertz CT molecular complexity index is 1200. The van der Waals surface area contributed by atoms with E-state index in [2.05, 4.69) is 64.9 Å². The minimum Gasteiger partial charge on any atom is -0.302 e. The lowest BCUT2D eigenvalue weighted by atomic mass is 9.87. The molecular formula is C23H20N4O. The Hall–Kier alpha value is -3.47. The highest BCUT2D eigenvalue weighted by molar-refractivity contribution is 5.91. The van der Waals surface area contributed by atoms with Crippen LogP contribution in [0.25, 0.3) is 16.5 Å². The molecule has 5 nitrogen and oxygen atoms in total. The number of hydrazone groups is 1. The summed E-state index contributed by atoms with van der Waals surface area (Å²) in [6.07, 6.45) is 8.24. The molecular weight excluding hydrogens is 348 g/mol. The van der Waals surface area contributed by atoms with Gasteiger partial charge in [-0.2, -0.15) is 5.10 Å². The predicted molar refractivity (Wildman–Crippen MR) is 112 cm³/mol. The van der Waals surface area contributed by atoms with Gasteiger partial charge in [-0.15, -0.1) is 0 Å². The zero-order valence-electron chi connectivity index (χ0n) is 15.5. The summed E-state index contributed by atoms with van der Waals surface area (Å²) >= 11 is 0. The Morgan fingerprint density at radius 2 is 1.93 bits per heavy atom. The van der Waals surface area contributed by atoms with Gasteiger partial charge >= 0.3 is 0 Å². The van der Waals surface area contributed by atoms with E-state index in [0.717, 1.165) is 22.4 Å². The van der Waals surface area contributed by atoms with Crippen LogP contribution in [-0.2, 0) is 6.54 Å². The molecule has 2 heterocycles. The van der Waals surface area contributed by atoms with E-state index >= 15 is 0 Å². The van der Waals surface area contributed by atoms with Crippen molar-refractivity contribution in [2.45, 2.75) is 19.5 Å². The van der Waals surface area contributed by atoms with Crippen molar-refractivity contribution >= 4 is 22.2 Å². The Morgan fingerprint density at radius 3 is 2.79 bits per heavy atom. The summed E-state index contributed by atoms with van der Waals surface area (Å²) < 4.78 is 1.66. The van der Waals surface area contributed by atoms with E-state index in [1.165, 1.54) is 5.57 Å². The molecule has 1 aromatic heterocycles. The molecule has 2 unspecified atom stereocenters. The first-order valence-corrected chi connectivity index (χ1v) is 9.42. The first kappa shape index (κ1) is 16.7. The second-order valence-electron chi connectivity index (χ2n) is 7.31. The van der Waals surface area contributed by atoms with E-state index < -0.39 is 0 Å². The molecule has 0 saturated heterocycles. The zero-order valence-corrected chi connectivity index (χ0v) is 15.5. The lowest BCUT2D eigenvalue weighted by Crippen LogP contribution is -2.27. The summed E-state index contributed by atoms with van der Waals surface area (Å²) in [5.74, 6) is 0.357. The normalized spacial score (nSPS) is 20.5. The predicted octanol–water partition coefficient (Wildman–Crippen LogP) is 3.36. The molecule has 1 aliphatic heterocycles. The van der Waals surface area contributed by atoms with E-state index in [-0.39, 0.29) is 11.6 Å². The number of nitrogens with zero attached hydrogens (tertiary/aromatic N) is 3. The molecule has 0 bridgehead atoms. The third kappa shape index (κ3) is 2.85. The molecule has 28 heavy (non-hydrogen) atoms. The third-order valence-corrected chi connectivity index (χ3v) is 5.47. The topological polar surface area (TPSA) is 59.3 Å². The van der Waals surface area contributed by atoms with Crippen LogP contribution in [-0.4, -0.2) is 21.3 Å². The number of nitrogens with one attached hydrogen (secondary N) is 1. The molecule has 0 saturated carbocycles. The van der Waals surface area contributed by atoms with Crippen LogP contribution in [0.15, 0.2) is 83.0 Å². The SMILES string of the molecule is CC1=NNC2C=C(c3ccc(Cn4cnc5ccccc5c4=O)cc3)C=CC12. The molecule has 2 aliphatic rings. The molecule has 1 N–H and O–H groups in total. The molecule has 5 rings (SSSR count). The third-order valence-electron chi connectivity index (χ3n) is 5.47. The number of para-hydroxylation sites is 1. The summed E-state index contributed by atoms with van der Waals surface area (Å²) in [6.45, 7) is 2.56. The second kappa shape index (κ2) is 6.60. The minimum atomic E-state index is -0.0127. The van der Waals surface area contributed by atoms with E-state index in [1.54, 1.807) is 10.9 Å². The van der Waals surface area contributed by atoms with Crippen LogP contribution in [0.2, 0.25) is 0 Å². The summed E-state index contributed by atoms with van der Waals surface area (Å²) in [5, 5.41) is 4.98. The highest BCUT2D eigenvalue weighted by Gasteiger charge is 2.27. The Labute approximate surface area is 162 Å². The first-order chi connectivity index (χ1) is 13.7. The highest BCUT2D eigenvalue weighted by Crippen LogP contribution is 2.28. The summed E-state index contributed by atoms with van der Waals surface area (Å²) in [4.78, 5) is 17.1. The van der Waals surface area contributed by atoms with E-state index in [4.69, 9.17) is 0 Å². The van der Waals surface area contributed by atoms with Gasteiger partial charge in [0.2, 0.25) is 0 Å². The Kier molecular flexibility index (Phi) is 3.93. The number of aromatic nitrogens is 2. The fourth-order valence-electron chi connectivity index (χ4n) is 3.86. The van der Waals surface area contributed by atoms with Crippen molar-refractivity contribution in [3.8, 4) is 0 Å². The fraction of sp³-hybridized carbons (Fsp3) is 0.174. The molecule has 0 amide bonds. The van der Waals surface area contributed by atoms with Gasteiger partial charge in [0, 0.05) is 11.6 Å².